The van der Waals surface area contributed by atoms with Crippen molar-refractivity contribution in [2.24, 2.45) is 0 Å². The van der Waals surface area contributed by atoms with Gasteiger partial charge in [0, 0.05) is 29.9 Å². The second-order valence-electron chi connectivity index (χ2n) is 4.06. The molecule has 0 spiro atoms. The summed E-state index contributed by atoms with van der Waals surface area (Å²) in [5.41, 5.74) is 1.89. The van der Waals surface area contributed by atoms with Crippen LogP contribution in [-0.4, -0.2) is 31.4 Å². The molecule has 0 bridgehead atoms. The number of rotatable bonds is 3. The van der Waals surface area contributed by atoms with E-state index in [1.807, 2.05) is 19.2 Å². The Morgan fingerprint density at radius 2 is 2.38 bits per heavy atom. The van der Waals surface area contributed by atoms with Crippen LogP contribution < -0.4 is 4.90 Å². The number of halogens is 1. The Bertz CT molecular complexity index is 364. The van der Waals surface area contributed by atoms with E-state index in [1.165, 1.54) is 0 Å². The summed E-state index contributed by atoms with van der Waals surface area (Å²) >= 11 is 5.99. The van der Waals surface area contributed by atoms with Gasteiger partial charge in [-0.2, -0.15) is 0 Å². The quantitative estimate of drug-likeness (QED) is 0.879. The summed E-state index contributed by atoms with van der Waals surface area (Å²) in [7, 11) is 2.02. The maximum atomic E-state index is 9.30. The summed E-state index contributed by atoms with van der Waals surface area (Å²) in [5, 5.41) is 9.99. The predicted molar refractivity (Wildman–Crippen MR) is 65.0 cm³/mol. The summed E-state index contributed by atoms with van der Waals surface area (Å²) in [4.78, 5) is 2.14. The molecule has 0 amide bonds. The Morgan fingerprint density at radius 3 is 3.00 bits per heavy atom. The molecule has 0 radical (unpaired) electrons. The fourth-order valence-corrected chi connectivity index (χ4v) is 2.19. The molecule has 3 nitrogen and oxygen atoms in total. The van der Waals surface area contributed by atoms with Crippen LogP contribution in [0.2, 0.25) is 5.02 Å². The Hall–Kier alpha value is -0.770. The van der Waals surface area contributed by atoms with Gasteiger partial charge < -0.3 is 14.7 Å². The highest BCUT2D eigenvalue weighted by Gasteiger charge is 2.22. The summed E-state index contributed by atoms with van der Waals surface area (Å²) in [6, 6.07) is 5.94. The van der Waals surface area contributed by atoms with Crippen LogP contribution in [0.5, 0.6) is 0 Å². The zero-order valence-electron chi connectivity index (χ0n) is 9.32. The molecular formula is C12H16ClNO2. The number of aliphatic hydroxyl groups excluding tert-OH is 1. The van der Waals surface area contributed by atoms with E-state index in [0.29, 0.717) is 11.1 Å². The number of anilines is 1. The van der Waals surface area contributed by atoms with Crippen LogP contribution in [0.1, 0.15) is 12.0 Å². The first-order valence-electron chi connectivity index (χ1n) is 5.42. The van der Waals surface area contributed by atoms with E-state index in [2.05, 4.69) is 4.90 Å². The van der Waals surface area contributed by atoms with Crippen LogP contribution in [-0.2, 0) is 11.3 Å². The molecule has 16 heavy (non-hydrogen) atoms. The van der Waals surface area contributed by atoms with Gasteiger partial charge in [0.25, 0.3) is 0 Å². The second kappa shape index (κ2) is 5.04. The highest BCUT2D eigenvalue weighted by Crippen LogP contribution is 2.27. The molecule has 1 aliphatic heterocycles. The van der Waals surface area contributed by atoms with Gasteiger partial charge in [-0.3, -0.25) is 0 Å². The average Bonchev–Trinajstić information content (AvgIpc) is 2.81. The van der Waals surface area contributed by atoms with Gasteiger partial charge in [0.1, 0.15) is 0 Å². The van der Waals surface area contributed by atoms with E-state index in [0.717, 1.165) is 30.9 Å². The summed E-state index contributed by atoms with van der Waals surface area (Å²) in [6.07, 6.45) is 1.02. The van der Waals surface area contributed by atoms with E-state index in [4.69, 9.17) is 16.3 Å². The zero-order chi connectivity index (χ0) is 11.5. The van der Waals surface area contributed by atoms with E-state index in [9.17, 15) is 5.11 Å². The van der Waals surface area contributed by atoms with Crippen molar-refractivity contribution >= 4 is 17.3 Å². The van der Waals surface area contributed by atoms with Gasteiger partial charge in [0.2, 0.25) is 0 Å². The molecule has 1 aromatic carbocycles. The number of nitrogens with zero attached hydrogens (tertiary/aromatic N) is 1. The molecule has 4 heteroatoms. The van der Waals surface area contributed by atoms with Gasteiger partial charge in [-0.05, 0) is 18.6 Å². The maximum absolute atomic E-state index is 9.30. The van der Waals surface area contributed by atoms with Crippen molar-refractivity contribution < 1.29 is 9.84 Å². The van der Waals surface area contributed by atoms with Crippen molar-refractivity contribution in [1.82, 2.24) is 0 Å². The van der Waals surface area contributed by atoms with Crippen LogP contribution in [0.3, 0.4) is 0 Å². The van der Waals surface area contributed by atoms with Crippen LogP contribution in [0, 0.1) is 0 Å². The van der Waals surface area contributed by atoms with E-state index >= 15 is 0 Å². The molecule has 0 aliphatic carbocycles. The summed E-state index contributed by atoms with van der Waals surface area (Å²) in [5.74, 6) is 0. The van der Waals surface area contributed by atoms with Crippen molar-refractivity contribution in [3.8, 4) is 0 Å². The van der Waals surface area contributed by atoms with Crippen molar-refractivity contribution in [2.45, 2.75) is 19.1 Å². The lowest BCUT2D eigenvalue weighted by Crippen LogP contribution is -2.32. The normalized spacial score (nSPS) is 20.1. The van der Waals surface area contributed by atoms with Gasteiger partial charge in [-0.1, -0.05) is 17.7 Å². The summed E-state index contributed by atoms with van der Waals surface area (Å²) < 4.78 is 5.37. The average molecular weight is 242 g/mol. The Balaban J connectivity index is 2.26. The zero-order valence-corrected chi connectivity index (χ0v) is 10.1. The maximum Gasteiger partial charge on any atom is 0.0702 e. The van der Waals surface area contributed by atoms with E-state index < -0.39 is 0 Å². The third-order valence-electron chi connectivity index (χ3n) is 3.05. The fourth-order valence-electron chi connectivity index (χ4n) is 2.02. The first-order valence-corrected chi connectivity index (χ1v) is 5.80. The lowest BCUT2D eigenvalue weighted by Gasteiger charge is -2.27. The van der Waals surface area contributed by atoms with Crippen molar-refractivity contribution in [2.75, 3.05) is 25.2 Å². The van der Waals surface area contributed by atoms with Crippen LogP contribution >= 0.6 is 11.6 Å². The molecule has 1 saturated heterocycles. The Labute approximate surface area is 101 Å². The minimum Gasteiger partial charge on any atom is -0.392 e. The number of likely N-dealkylation sites (N-methyl/N-ethyl adjacent to an activating group) is 1. The SMILES string of the molecule is CN(c1cc(Cl)ccc1CO)C1CCOC1. The molecular weight excluding hydrogens is 226 g/mol. The van der Waals surface area contributed by atoms with Gasteiger partial charge in [0.05, 0.1) is 19.3 Å². The predicted octanol–water partition coefficient (Wildman–Crippen LogP) is 2.06. The van der Waals surface area contributed by atoms with Crippen molar-refractivity contribution in [3.05, 3.63) is 28.8 Å². The van der Waals surface area contributed by atoms with Gasteiger partial charge in [0.15, 0.2) is 0 Å². The van der Waals surface area contributed by atoms with Crippen LogP contribution in [0.25, 0.3) is 0 Å². The topological polar surface area (TPSA) is 32.7 Å². The molecule has 1 aliphatic rings. The molecule has 1 N–H and O–H groups in total. The first kappa shape index (κ1) is 11.7. The number of benzene rings is 1. The Morgan fingerprint density at radius 1 is 1.56 bits per heavy atom. The second-order valence-corrected chi connectivity index (χ2v) is 4.50. The van der Waals surface area contributed by atoms with Gasteiger partial charge >= 0.3 is 0 Å². The fraction of sp³-hybridized carbons (Fsp3) is 0.500. The smallest absolute Gasteiger partial charge is 0.0702 e. The molecule has 88 valence electrons. The molecule has 0 saturated carbocycles. The number of ether oxygens (including phenoxy) is 1. The van der Waals surface area contributed by atoms with Gasteiger partial charge in [-0.15, -0.1) is 0 Å². The van der Waals surface area contributed by atoms with E-state index in [1.54, 1.807) is 6.07 Å². The van der Waals surface area contributed by atoms with Crippen molar-refractivity contribution in [3.63, 3.8) is 0 Å². The standard InChI is InChI=1S/C12H16ClNO2/c1-14(11-4-5-16-8-11)12-6-10(13)3-2-9(12)7-15/h2-3,6,11,15H,4-5,7-8H2,1H3. The molecule has 1 heterocycles. The van der Waals surface area contributed by atoms with Crippen molar-refractivity contribution in [1.29, 1.82) is 0 Å². The molecule has 0 aromatic heterocycles. The highest BCUT2D eigenvalue weighted by molar-refractivity contribution is 6.30. The molecule has 1 aromatic rings. The molecule has 1 fully saturated rings. The summed E-state index contributed by atoms with van der Waals surface area (Å²) in [6.45, 7) is 1.59. The number of hydrogen-bond acceptors (Lipinski definition) is 3. The highest BCUT2D eigenvalue weighted by atomic mass is 35.5. The lowest BCUT2D eigenvalue weighted by atomic mass is 10.1. The molecule has 1 atom stereocenters. The van der Waals surface area contributed by atoms with Crippen LogP contribution in [0.4, 0.5) is 5.69 Å². The number of hydrogen-bond donors (Lipinski definition) is 1. The van der Waals surface area contributed by atoms with E-state index in [-0.39, 0.29) is 6.61 Å². The largest absolute Gasteiger partial charge is 0.392 e. The van der Waals surface area contributed by atoms with Crippen LogP contribution in [0.15, 0.2) is 18.2 Å². The Kier molecular flexibility index (Phi) is 3.69. The molecule has 2 rings (SSSR count). The molecule has 1 unspecified atom stereocenters. The monoisotopic (exact) mass is 241 g/mol. The third-order valence-corrected chi connectivity index (χ3v) is 3.29. The minimum atomic E-state index is 0.0322. The lowest BCUT2D eigenvalue weighted by molar-refractivity contribution is 0.193. The van der Waals surface area contributed by atoms with Gasteiger partial charge in [-0.25, -0.2) is 0 Å². The minimum absolute atomic E-state index is 0.0322. The third kappa shape index (κ3) is 2.32. The first-order chi connectivity index (χ1) is 7.72. The number of aliphatic hydroxyl groups is 1.